The fraction of sp³-hybridized carbons (Fsp3) is 0.600. The molecular weight excluding hydrogens is 230 g/mol. The largest absolute Gasteiger partial charge is 0.316 e. The van der Waals surface area contributed by atoms with E-state index in [1.54, 1.807) is 0 Å². The van der Waals surface area contributed by atoms with Gasteiger partial charge < -0.3 is 5.32 Å². The average Bonchev–Trinajstić information content (AvgIpc) is 2.75. The molecule has 0 bridgehead atoms. The number of hydrogen-bond acceptors (Lipinski definition) is 1. The molecule has 2 rings (SSSR count). The van der Waals surface area contributed by atoms with E-state index in [1.165, 1.54) is 24.8 Å². The summed E-state index contributed by atoms with van der Waals surface area (Å²) in [4.78, 5) is 0. The minimum absolute atomic E-state index is 0.605. The Kier molecular flexibility index (Phi) is 4.47. The van der Waals surface area contributed by atoms with Crippen LogP contribution in [0.3, 0.4) is 0 Å². The van der Waals surface area contributed by atoms with Crippen molar-refractivity contribution in [3.05, 3.63) is 34.9 Å². The van der Waals surface area contributed by atoms with Gasteiger partial charge in [-0.25, -0.2) is 0 Å². The van der Waals surface area contributed by atoms with Crippen LogP contribution in [0, 0.1) is 11.8 Å². The Labute approximate surface area is 110 Å². The summed E-state index contributed by atoms with van der Waals surface area (Å²) in [5, 5.41) is 4.33. The molecule has 0 saturated heterocycles. The first-order valence-electron chi connectivity index (χ1n) is 6.62. The molecule has 0 heterocycles. The van der Waals surface area contributed by atoms with E-state index in [-0.39, 0.29) is 0 Å². The van der Waals surface area contributed by atoms with E-state index >= 15 is 0 Å². The van der Waals surface area contributed by atoms with Crippen molar-refractivity contribution in [3.8, 4) is 0 Å². The van der Waals surface area contributed by atoms with E-state index in [1.807, 2.05) is 12.1 Å². The number of halogens is 1. The number of benzene rings is 1. The molecule has 3 atom stereocenters. The SMILES string of the molecule is CNC(Cc1ccc(Cl)cc1)C1CCCC1C. The highest BCUT2D eigenvalue weighted by Gasteiger charge is 2.29. The first kappa shape index (κ1) is 12.9. The molecule has 1 N–H and O–H groups in total. The second-order valence-corrected chi connectivity index (χ2v) is 5.73. The highest BCUT2D eigenvalue weighted by molar-refractivity contribution is 6.30. The molecule has 3 unspecified atom stereocenters. The maximum absolute atomic E-state index is 5.92. The van der Waals surface area contributed by atoms with Gasteiger partial charge in [0.15, 0.2) is 0 Å². The molecule has 17 heavy (non-hydrogen) atoms. The average molecular weight is 252 g/mol. The van der Waals surface area contributed by atoms with Gasteiger partial charge in [0, 0.05) is 11.1 Å². The zero-order chi connectivity index (χ0) is 12.3. The highest BCUT2D eigenvalue weighted by atomic mass is 35.5. The molecule has 1 fully saturated rings. The van der Waals surface area contributed by atoms with Crippen molar-refractivity contribution >= 4 is 11.6 Å². The van der Waals surface area contributed by atoms with Gasteiger partial charge in [-0.15, -0.1) is 0 Å². The van der Waals surface area contributed by atoms with Gasteiger partial charge in [-0.1, -0.05) is 43.5 Å². The van der Waals surface area contributed by atoms with Crippen LogP contribution in [0.1, 0.15) is 31.7 Å². The smallest absolute Gasteiger partial charge is 0.0406 e. The van der Waals surface area contributed by atoms with Gasteiger partial charge in [0.05, 0.1) is 0 Å². The van der Waals surface area contributed by atoms with Crippen molar-refractivity contribution in [2.45, 2.75) is 38.6 Å². The van der Waals surface area contributed by atoms with Crippen molar-refractivity contribution in [1.82, 2.24) is 5.32 Å². The summed E-state index contributed by atoms with van der Waals surface area (Å²) in [6.45, 7) is 2.39. The predicted octanol–water partition coefficient (Wildman–Crippen LogP) is 3.91. The van der Waals surface area contributed by atoms with Crippen molar-refractivity contribution in [1.29, 1.82) is 0 Å². The third-order valence-corrected chi connectivity index (χ3v) is 4.44. The lowest BCUT2D eigenvalue weighted by atomic mass is 9.86. The third-order valence-electron chi connectivity index (χ3n) is 4.18. The molecular formula is C15H22ClN. The fourth-order valence-corrected chi connectivity index (χ4v) is 3.24. The minimum Gasteiger partial charge on any atom is -0.316 e. The predicted molar refractivity (Wildman–Crippen MR) is 74.5 cm³/mol. The van der Waals surface area contributed by atoms with E-state index in [9.17, 15) is 0 Å². The lowest BCUT2D eigenvalue weighted by Crippen LogP contribution is -2.36. The second-order valence-electron chi connectivity index (χ2n) is 5.30. The number of nitrogens with one attached hydrogen (secondary N) is 1. The Morgan fingerprint density at radius 2 is 2.00 bits per heavy atom. The Hall–Kier alpha value is -0.530. The molecule has 0 amide bonds. The van der Waals surface area contributed by atoms with E-state index in [2.05, 4.69) is 31.4 Å². The monoisotopic (exact) mass is 251 g/mol. The molecule has 1 aromatic rings. The molecule has 0 radical (unpaired) electrons. The van der Waals surface area contributed by atoms with Crippen molar-refractivity contribution in [3.63, 3.8) is 0 Å². The minimum atomic E-state index is 0.605. The molecule has 0 spiro atoms. The molecule has 1 aliphatic carbocycles. The Balaban J connectivity index is 2.01. The molecule has 1 aromatic carbocycles. The highest BCUT2D eigenvalue weighted by Crippen LogP contribution is 2.34. The summed E-state index contributed by atoms with van der Waals surface area (Å²) in [5.74, 6) is 1.69. The first-order chi connectivity index (χ1) is 8.20. The quantitative estimate of drug-likeness (QED) is 0.856. The Bertz CT molecular complexity index is 346. The van der Waals surface area contributed by atoms with Crippen LogP contribution in [-0.2, 0) is 6.42 Å². The summed E-state index contributed by atoms with van der Waals surface area (Å²) >= 11 is 5.92. The van der Waals surface area contributed by atoms with Crippen LogP contribution in [0.2, 0.25) is 5.02 Å². The van der Waals surface area contributed by atoms with Crippen molar-refractivity contribution in [2.24, 2.45) is 11.8 Å². The van der Waals surface area contributed by atoms with Crippen LogP contribution < -0.4 is 5.32 Å². The molecule has 1 nitrogen and oxygen atoms in total. The second kappa shape index (κ2) is 5.88. The Morgan fingerprint density at radius 1 is 1.29 bits per heavy atom. The van der Waals surface area contributed by atoms with E-state index in [0.29, 0.717) is 6.04 Å². The van der Waals surface area contributed by atoms with Crippen molar-refractivity contribution in [2.75, 3.05) is 7.05 Å². The lowest BCUT2D eigenvalue weighted by molar-refractivity contribution is 0.308. The van der Waals surface area contributed by atoms with E-state index in [0.717, 1.165) is 23.3 Å². The van der Waals surface area contributed by atoms with Gasteiger partial charge in [-0.05, 0) is 49.4 Å². The van der Waals surface area contributed by atoms with Crippen LogP contribution >= 0.6 is 11.6 Å². The zero-order valence-electron chi connectivity index (χ0n) is 10.7. The van der Waals surface area contributed by atoms with Gasteiger partial charge in [-0.3, -0.25) is 0 Å². The van der Waals surface area contributed by atoms with Gasteiger partial charge in [-0.2, -0.15) is 0 Å². The lowest BCUT2D eigenvalue weighted by Gasteiger charge is -2.26. The van der Waals surface area contributed by atoms with Gasteiger partial charge >= 0.3 is 0 Å². The van der Waals surface area contributed by atoms with Gasteiger partial charge in [0.25, 0.3) is 0 Å². The van der Waals surface area contributed by atoms with Gasteiger partial charge in [0.2, 0.25) is 0 Å². The summed E-state index contributed by atoms with van der Waals surface area (Å²) in [5.41, 5.74) is 1.38. The summed E-state index contributed by atoms with van der Waals surface area (Å²) < 4.78 is 0. The maximum atomic E-state index is 5.92. The van der Waals surface area contributed by atoms with E-state index < -0.39 is 0 Å². The van der Waals surface area contributed by atoms with Crippen molar-refractivity contribution < 1.29 is 0 Å². The summed E-state index contributed by atoms with van der Waals surface area (Å²) in [6.07, 6.45) is 5.27. The van der Waals surface area contributed by atoms with Crippen LogP contribution in [0.15, 0.2) is 24.3 Å². The fourth-order valence-electron chi connectivity index (χ4n) is 3.11. The Morgan fingerprint density at radius 3 is 2.53 bits per heavy atom. The molecule has 94 valence electrons. The third kappa shape index (κ3) is 3.23. The van der Waals surface area contributed by atoms with Gasteiger partial charge in [0.1, 0.15) is 0 Å². The molecule has 0 aliphatic heterocycles. The summed E-state index contributed by atoms with van der Waals surface area (Å²) in [7, 11) is 2.09. The molecule has 1 saturated carbocycles. The number of hydrogen-bond donors (Lipinski definition) is 1. The van der Waals surface area contributed by atoms with Crippen LogP contribution in [-0.4, -0.2) is 13.1 Å². The first-order valence-corrected chi connectivity index (χ1v) is 7.00. The van der Waals surface area contributed by atoms with Crippen LogP contribution in [0.4, 0.5) is 0 Å². The molecule has 0 aromatic heterocycles. The van der Waals surface area contributed by atoms with Crippen LogP contribution in [0.25, 0.3) is 0 Å². The number of rotatable bonds is 4. The van der Waals surface area contributed by atoms with E-state index in [4.69, 9.17) is 11.6 Å². The summed E-state index contributed by atoms with van der Waals surface area (Å²) in [6, 6.07) is 8.87. The molecule has 2 heteroatoms. The normalized spacial score (nSPS) is 26.1. The zero-order valence-corrected chi connectivity index (χ0v) is 11.5. The topological polar surface area (TPSA) is 12.0 Å². The standard InChI is InChI=1S/C15H22ClN/c1-11-4-3-5-14(11)15(17-2)10-12-6-8-13(16)9-7-12/h6-9,11,14-15,17H,3-5,10H2,1-2H3. The number of likely N-dealkylation sites (N-methyl/N-ethyl adjacent to an activating group) is 1. The van der Waals surface area contributed by atoms with Crippen LogP contribution in [0.5, 0.6) is 0 Å². The molecule has 1 aliphatic rings. The maximum Gasteiger partial charge on any atom is 0.0406 e.